The minimum atomic E-state index is 0.00374. The molecule has 23 heavy (non-hydrogen) atoms. The van der Waals surface area contributed by atoms with Gasteiger partial charge in [0.2, 0.25) is 0 Å². The molecule has 0 atom stereocenters. The van der Waals surface area contributed by atoms with Gasteiger partial charge in [-0.25, -0.2) is 0 Å². The third-order valence-electron chi connectivity index (χ3n) is 3.91. The zero-order valence-corrected chi connectivity index (χ0v) is 13.3. The molecular formula is C19H21NO3. The van der Waals surface area contributed by atoms with E-state index in [-0.39, 0.29) is 18.6 Å². The normalized spacial score (nSPS) is 14.4. The summed E-state index contributed by atoms with van der Waals surface area (Å²) in [7, 11) is 0. The summed E-state index contributed by atoms with van der Waals surface area (Å²) in [6.07, 6.45) is 0.122. The van der Waals surface area contributed by atoms with Gasteiger partial charge >= 0.3 is 0 Å². The number of hydrogen-bond donors (Lipinski definition) is 0. The van der Waals surface area contributed by atoms with Crippen molar-refractivity contribution in [3.05, 3.63) is 65.7 Å². The summed E-state index contributed by atoms with van der Waals surface area (Å²) in [5.41, 5.74) is 2.40. The lowest BCUT2D eigenvalue weighted by atomic mass is 10.1. The average molecular weight is 311 g/mol. The van der Waals surface area contributed by atoms with E-state index in [1.807, 2.05) is 30.3 Å². The van der Waals surface area contributed by atoms with E-state index in [9.17, 15) is 4.79 Å². The van der Waals surface area contributed by atoms with Crippen LogP contribution >= 0.6 is 0 Å². The molecule has 1 saturated heterocycles. The number of carbonyl (C=O) groups excluding carboxylic acids is 1. The summed E-state index contributed by atoms with van der Waals surface area (Å²) >= 11 is 0. The molecule has 3 rings (SSSR count). The molecular weight excluding hydrogens is 290 g/mol. The Bertz CT molecular complexity index is 633. The van der Waals surface area contributed by atoms with Crippen LogP contribution in [0.3, 0.4) is 0 Å². The van der Waals surface area contributed by atoms with Crippen molar-refractivity contribution in [2.45, 2.75) is 19.6 Å². The van der Waals surface area contributed by atoms with Gasteiger partial charge in [0.15, 0.2) is 6.61 Å². The van der Waals surface area contributed by atoms with Gasteiger partial charge in [0.05, 0.1) is 12.7 Å². The van der Waals surface area contributed by atoms with E-state index >= 15 is 0 Å². The van der Waals surface area contributed by atoms with Gasteiger partial charge in [0.25, 0.3) is 5.91 Å². The van der Waals surface area contributed by atoms with Crippen LogP contribution in [0.5, 0.6) is 5.75 Å². The van der Waals surface area contributed by atoms with E-state index in [0.717, 1.165) is 5.56 Å². The number of nitrogens with zero attached hydrogens (tertiary/aromatic N) is 1. The Morgan fingerprint density at radius 1 is 1.09 bits per heavy atom. The average Bonchev–Trinajstić information content (AvgIpc) is 2.54. The lowest BCUT2D eigenvalue weighted by Gasteiger charge is -2.38. The van der Waals surface area contributed by atoms with Crippen molar-refractivity contribution >= 4 is 5.91 Å². The maximum Gasteiger partial charge on any atom is 0.260 e. The molecule has 0 bridgehead atoms. The second kappa shape index (κ2) is 7.29. The fourth-order valence-corrected chi connectivity index (χ4v) is 2.40. The molecule has 0 radical (unpaired) electrons. The van der Waals surface area contributed by atoms with E-state index in [1.165, 1.54) is 5.56 Å². The van der Waals surface area contributed by atoms with Gasteiger partial charge in [0.1, 0.15) is 5.75 Å². The van der Waals surface area contributed by atoms with Gasteiger partial charge in [0, 0.05) is 13.1 Å². The Morgan fingerprint density at radius 3 is 2.48 bits per heavy atom. The van der Waals surface area contributed by atoms with Gasteiger partial charge in [-0.05, 0) is 24.6 Å². The number of carbonyl (C=O) groups is 1. The van der Waals surface area contributed by atoms with Gasteiger partial charge in [-0.15, -0.1) is 0 Å². The Morgan fingerprint density at radius 2 is 1.78 bits per heavy atom. The number of ether oxygens (including phenoxy) is 2. The summed E-state index contributed by atoms with van der Waals surface area (Å²) in [4.78, 5) is 13.8. The van der Waals surface area contributed by atoms with Crippen LogP contribution < -0.4 is 4.74 Å². The number of benzene rings is 2. The molecule has 1 heterocycles. The van der Waals surface area contributed by atoms with Gasteiger partial charge < -0.3 is 14.4 Å². The Hall–Kier alpha value is -2.33. The third-order valence-corrected chi connectivity index (χ3v) is 3.91. The van der Waals surface area contributed by atoms with E-state index in [1.54, 1.807) is 4.90 Å². The van der Waals surface area contributed by atoms with Crippen molar-refractivity contribution < 1.29 is 14.3 Å². The molecule has 0 aromatic heterocycles. The monoisotopic (exact) mass is 311 g/mol. The zero-order valence-electron chi connectivity index (χ0n) is 13.3. The third kappa shape index (κ3) is 4.33. The lowest BCUT2D eigenvalue weighted by Crippen LogP contribution is -2.55. The van der Waals surface area contributed by atoms with E-state index < -0.39 is 0 Å². The fraction of sp³-hybridized carbons (Fsp3) is 0.316. The summed E-state index contributed by atoms with van der Waals surface area (Å²) in [5.74, 6) is 0.720. The molecule has 120 valence electrons. The molecule has 1 aliphatic heterocycles. The van der Waals surface area contributed by atoms with E-state index in [4.69, 9.17) is 9.47 Å². The van der Waals surface area contributed by atoms with Crippen LogP contribution in [-0.4, -0.2) is 36.6 Å². The summed E-state index contributed by atoms with van der Waals surface area (Å²) in [5, 5.41) is 0. The number of hydrogen-bond acceptors (Lipinski definition) is 3. The standard InChI is InChI=1S/C19H21NO3/c1-15-7-9-16(10-8-15)13-22-18-11-20(12-18)19(21)14-23-17-5-3-2-4-6-17/h2-10,18H,11-14H2,1H3. The molecule has 0 N–H and O–H groups in total. The van der Waals surface area contributed by atoms with Crippen molar-refractivity contribution in [1.82, 2.24) is 4.90 Å². The van der Waals surface area contributed by atoms with E-state index in [2.05, 4.69) is 31.2 Å². The highest BCUT2D eigenvalue weighted by Gasteiger charge is 2.31. The van der Waals surface area contributed by atoms with Gasteiger partial charge in [-0.1, -0.05) is 48.0 Å². The zero-order chi connectivity index (χ0) is 16.1. The molecule has 2 aromatic carbocycles. The van der Waals surface area contributed by atoms with Crippen LogP contribution in [0.4, 0.5) is 0 Å². The molecule has 4 heteroatoms. The minimum absolute atomic E-state index is 0.00374. The number of aryl methyl sites for hydroxylation is 1. The number of para-hydroxylation sites is 1. The summed E-state index contributed by atoms with van der Waals surface area (Å²) in [6.45, 7) is 4.02. The Kier molecular flexibility index (Phi) is 4.93. The maximum absolute atomic E-state index is 12.0. The molecule has 0 saturated carbocycles. The van der Waals surface area contributed by atoms with Crippen LogP contribution in [0, 0.1) is 6.92 Å². The summed E-state index contributed by atoms with van der Waals surface area (Å²) in [6, 6.07) is 17.7. The number of likely N-dealkylation sites (tertiary alicyclic amines) is 1. The van der Waals surface area contributed by atoms with Crippen molar-refractivity contribution in [3.8, 4) is 5.75 Å². The highest BCUT2D eigenvalue weighted by atomic mass is 16.5. The predicted octanol–water partition coefficient (Wildman–Crippen LogP) is 2.80. The molecule has 4 nitrogen and oxygen atoms in total. The molecule has 0 aliphatic carbocycles. The highest BCUT2D eigenvalue weighted by Crippen LogP contribution is 2.15. The minimum Gasteiger partial charge on any atom is -0.484 e. The van der Waals surface area contributed by atoms with Crippen LogP contribution in [0.25, 0.3) is 0 Å². The molecule has 0 spiro atoms. The first kappa shape index (κ1) is 15.6. The summed E-state index contributed by atoms with van der Waals surface area (Å²) < 4.78 is 11.3. The van der Waals surface area contributed by atoms with E-state index in [0.29, 0.717) is 25.4 Å². The van der Waals surface area contributed by atoms with Crippen LogP contribution in [0.15, 0.2) is 54.6 Å². The second-order valence-corrected chi connectivity index (χ2v) is 5.82. The number of rotatable bonds is 6. The first-order chi connectivity index (χ1) is 11.2. The maximum atomic E-state index is 12.0. The SMILES string of the molecule is Cc1ccc(COC2CN(C(=O)COc3ccccc3)C2)cc1. The molecule has 1 amide bonds. The fourth-order valence-electron chi connectivity index (χ4n) is 2.40. The van der Waals surface area contributed by atoms with Crippen molar-refractivity contribution in [2.24, 2.45) is 0 Å². The predicted molar refractivity (Wildman–Crippen MR) is 88.3 cm³/mol. The van der Waals surface area contributed by atoms with Crippen LogP contribution in [0.2, 0.25) is 0 Å². The molecule has 1 fully saturated rings. The first-order valence-electron chi connectivity index (χ1n) is 7.83. The van der Waals surface area contributed by atoms with Crippen molar-refractivity contribution in [3.63, 3.8) is 0 Å². The largest absolute Gasteiger partial charge is 0.484 e. The first-order valence-corrected chi connectivity index (χ1v) is 7.83. The van der Waals surface area contributed by atoms with Crippen LogP contribution in [0.1, 0.15) is 11.1 Å². The smallest absolute Gasteiger partial charge is 0.260 e. The van der Waals surface area contributed by atoms with Crippen molar-refractivity contribution in [1.29, 1.82) is 0 Å². The number of amides is 1. The lowest BCUT2D eigenvalue weighted by molar-refractivity contribution is -0.148. The molecule has 2 aromatic rings. The van der Waals surface area contributed by atoms with Gasteiger partial charge in [-0.2, -0.15) is 0 Å². The Balaban J connectivity index is 1.35. The van der Waals surface area contributed by atoms with Crippen LogP contribution in [-0.2, 0) is 16.1 Å². The highest BCUT2D eigenvalue weighted by molar-refractivity contribution is 5.78. The molecule has 0 unspecified atom stereocenters. The quantitative estimate of drug-likeness (QED) is 0.823. The molecule has 1 aliphatic rings. The van der Waals surface area contributed by atoms with Gasteiger partial charge in [-0.3, -0.25) is 4.79 Å². The Labute approximate surface area is 136 Å². The van der Waals surface area contributed by atoms with Crippen molar-refractivity contribution in [2.75, 3.05) is 19.7 Å². The topological polar surface area (TPSA) is 38.8 Å². The second-order valence-electron chi connectivity index (χ2n) is 5.82.